The number of aromatic nitrogens is 2. The number of benzene rings is 2. The van der Waals surface area contributed by atoms with Crippen molar-refractivity contribution in [2.75, 3.05) is 7.11 Å². The van der Waals surface area contributed by atoms with Crippen LogP contribution >= 0.6 is 11.6 Å². The van der Waals surface area contributed by atoms with Crippen LogP contribution in [-0.4, -0.2) is 39.1 Å². The molecule has 2 aromatic carbocycles. The molecule has 1 N–H and O–H groups in total. The van der Waals surface area contributed by atoms with Gasteiger partial charge in [-0.3, -0.25) is 4.79 Å². The van der Waals surface area contributed by atoms with E-state index in [4.69, 9.17) is 20.9 Å². The van der Waals surface area contributed by atoms with Gasteiger partial charge in [0.05, 0.1) is 13.2 Å². The molecule has 0 spiro atoms. The molecule has 2 atom stereocenters. The van der Waals surface area contributed by atoms with Gasteiger partial charge in [0.15, 0.2) is 0 Å². The molecular weight excluding hydrogens is 418 g/mol. The van der Waals surface area contributed by atoms with E-state index in [1.807, 2.05) is 47.6 Å². The highest BCUT2D eigenvalue weighted by atomic mass is 35.5. The summed E-state index contributed by atoms with van der Waals surface area (Å²) < 4.78 is 10.6. The normalized spacial score (nSPS) is 20.3. The highest BCUT2D eigenvalue weighted by Gasteiger charge is 2.40. The second kappa shape index (κ2) is 8.05. The second-order valence-electron chi connectivity index (χ2n) is 7.40. The van der Waals surface area contributed by atoms with E-state index in [1.165, 1.54) is 0 Å². The van der Waals surface area contributed by atoms with Crippen LogP contribution in [0.4, 0.5) is 0 Å². The molecule has 1 saturated heterocycles. The summed E-state index contributed by atoms with van der Waals surface area (Å²) in [5.74, 6) is 1.62. The monoisotopic (exact) mass is 437 g/mol. The largest absolute Gasteiger partial charge is 0.497 e. The fourth-order valence-electron chi connectivity index (χ4n) is 3.80. The number of hydrogen-bond acceptors (Lipinski definition) is 7. The lowest BCUT2D eigenvalue weighted by atomic mass is 10.0. The molecule has 2 aliphatic rings. The van der Waals surface area contributed by atoms with Gasteiger partial charge in [0, 0.05) is 23.0 Å². The minimum absolute atomic E-state index is 0.0164. The van der Waals surface area contributed by atoms with E-state index in [0.717, 1.165) is 16.9 Å². The van der Waals surface area contributed by atoms with Crippen LogP contribution in [0, 0.1) is 0 Å². The first-order chi connectivity index (χ1) is 15.1. The van der Waals surface area contributed by atoms with Crippen molar-refractivity contribution >= 4 is 17.5 Å². The van der Waals surface area contributed by atoms with Crippen molar-refractivity contribution in [3.63, 3.8) is 0 Å². The van der Waals surface area contributed by atoms with Crippen molar-refractivity contribution in [2.24, 2.45) is 0 Å². The zero-order valence-electron chi connectivity index (χ0n) is 16.7. The number of amides is 1. The molecule has 0 radical (unpaired) electrons. The fraction of sp³-hybridized carbons (Fsp3) is 0.227. The van der Waals surface area contributed by atoms with Crippen LogP contribution in [0.5, 0.6) is 5.75 Å². The predicted octanol–water partition coefficient (Wildman–Crippen LogP) is 3.53. The Hall–Kier alpha value is -3.36. The number of nitrogens with zero attached hydrogens (tertiary/aromatic N) is 4. The van der Waals surface area contributed by atoms with Crippen LogP contribution in [0.1, 0.15) is 23.9 Å². The first kappa shape index (κ1) is 19.6. The predicted molar refractivity (Wildman–Crippen MR) is 114 cm³/mol. The Bertz CT molecular complexity index is 1110. The minimum Gasteiger partial charge on any atom is -0.497 e. The zero-order chi connectivity index (χ0) is 21.4. The number of carbonyl (C=O) groups is 1. The van der Waals surface area contributed by atoms with Crippen molar-refractivity contribution in [3.8, 4) is 17.1 Å². The summed E-state index contributed by atoms with van der Waals surface area (Å²) in [6.45, 7) is 0.216. The lowest BCUT2D eigenvalue weighted by Gasteiger charge is -2.30. The van der Waals surface area contributed by atoms with Gasteiger partial charge >= 0.3 is 0 Å². The molecule has 5 rings (SSSR count). The molecule has 8 nitrogen and oxygen atoms in total. The summed E-state index contributed by atoms with van der Waals surface area (Å²) in [6.07, 6.45) is 4.26. The number of nitrogens with one attached hydrogen (secondary N) is 1. The van der Waals surface area contributed by atoms with Gasteiger partial charge in [0.1, 0.15) is 18.3 Å². The Kier molecular flexibility index (Phi) is 5.09. The Morgan fingerprint density at radius 3 is 2.68 bits per heavy atom. The highest BCUT2D eigenvalue weighted by Crippen LogP contribution is 2.32. The SMILES string of the molecule is COc1ccc(C2CC3C(=O)N(Cc4nc(-c5ccc(Cl)cc5)no4)C=CN3N2)cc1. The topological polar surface area (TPSA) is 83.7 Å². The smallest absolute Gasteiger partial charge is 0.251 e. The number of hydrogen-bond donors (Lipinski definition) is 1. The van der Waals surface area contributed by atoms with Crippen LogP contribution in [0.15, 0.2) is 65.5 Å². The Balaban J connectivity index is 1.26. The molecule has 1 amide bonds. The summed E-state index contributed by atoms with van der Waals surface area (Å²) in [5, 5.41) is 6.51. The van der Waals surface area contributed by atoms with Crippen LogP contribution in [0.3, 0.4) is 0 Å². The van der Waals surface area contributed by atoms with Crippen molar-refractivity contribution in [1.29, 1.82) is 0 Å². The van der Waals surface area contributed by atoms with Gasteiger partial charge < -0.3 is 19.2 Å². The molecule has 2 aliphatic heterocycles. The summed E-state index contributed by atoms with van der Waals surface area (Å²) in [6, 6.07) is 14.8. The number of carbonyl (C=O) groups excluding carboxylic acids is 1. The molecule has 0 aliphatic carbocycles. The Labute approximate surface area is 184 Å². The van der Waals surface area contributed by atoms with E-state index in [0.29, 0.717) is 23.2 Å². The van der Waals surface area contributed by atoms with Gasteiger partial charge in [-0.15, -0.1) is 0 Å². The number of hydrazine groups is 1. The first-order valence-electron chi connectivity index (χ1n) is 9.86. The van der Waals surface area contributed by atoms with E-state index in [-0.39, 0.29) is 24.5 Å². The van der Waals surface area contributed by atoms with E-state index in [9.17, 15) is 4.79 Å². The third kappa shape index (κ3) is 3.87. The maximum atomic E-state index is 13.1. The first-order valence-corrected chi connectivity index (χ1v) is 10.2. The van der Waals surface area contributed by atoms with Gasteiger partial charge in [0.2, 0.25) is 11.7 Å². The van der Waals surface area contributed by atoms with Crippen LogP contribution < -0.4 is 10.2 Å². The molecule has 2 unspecified atom stereocenters. The molecule has 31 heavy (non-hydrogen) atoms. The van der Waals surface area contributed by atoms with Crippen molar-refractivity contribution < 1.29 is 14.1 Å². The Morgan fingerprint density at radius 1 is 1.16 bits per heavy atom. The molecule has 3 aromatic rings. The van der Waals surface area contributed by atoms with Gasteiger partial charge in [-0.25, -0.2) is 5.43 Å². The Morgan fingerprint density at radius 2 is 1.94 bits per heavy atom. The fourth-order valence-corrected chi connectivity index (χ4v) is 3.93. The van der Waals surface area contributed by atoms with E-state index < -0.39 is 0 Å². The molecule has 9 heteroatoms. The van der Waals surface area contributed by atoms with Gasteiger partial charge in [-0.05, 0) is 48.4 Å². The number of halogens is 1. The lowest BCUT2D eigenvalue weighted by Crippen LogP contribution is -2.47. The summed E-state index contributed by atoms with van der Waals surface area (Å²) in [7, 11) is 1.64. The van der Waals surface area contributed by atoms with Gasteiger partial charge in [0.25, 0.3) is 5.91 Å². The average Bonchev–Trinajstić information content (AvgIpc) is 3.44. The number of fused-ring (bicyclic) bond motifs is 1. The highest BCUT2D eigenvalue weighted by molar-refractivity contribution is 6.30. The van der Waals surface area contributed by atoms with E-state index in [2.05, 4.69) is 15.6 Å². The van der Waals surface area contributed by atoms with Crippen molar-refractivity contribution in [2.45, 2.75) is 25.0 Å². The lowest BCUT2D eigenvalue weighted by molar-refractivity contribution is -0.135. The van der Waals surface area contributed by atoms with Crippen LogP contribution in [0.25, 0.3) is 11.4 Å². The average molecular weight is 438 g/mol. The van der Waals surface area contributed by atoms with Gasteiger partial charge in [-0.2, -0.15) is 4.98 Å². The molecule has 1 fully saturated rings. The molecule has 3 heterocycles. The maximum absolute atomic E-state index is 13.1. The second-order valence-corrected chi connectivity index (χ2v) is 7.83. The third-order valence-electron chi connectivity index (χ3n) is 5.47. The van der Waals surface area contributed by atoms with Crippen LogP contribution in [0.2, 0.25) is 5.02 Å². The van der Waals surface area contributed by atoms with Crippen molar-refractivity contribution in [3.05, 3.63) is 77.4 Å². The molecule has 0 bridgehead atoms. The third-order valence-corrected chi connectivity index (χ3v) is 5.72. The van der Waals surface area contributed by atoms with Gasteiger partial charge in [-0.1, -0.05) is 28.9 Å². The standard InChI is InChI=1S/C22H20ClN5O3/c1-30-17-8-4-14(5-9-17)18-12-19-22(29)27(10-11-28(19)25-18)13-20-24-21(26-31-20)15-2-6-16(23)7-3-15/h2-11,18-19,25H,12-13H2,1H3. The van der Waals surface area contributed by atoms with Crippen molar-refractivity contribution in [1.82, 2.24) is 25.5 Å². The van der Waals surface area contributed by atoms with E-state index in [1.54, 1.807) is 30.3 Å². The molecule has 158 valence electrons. The maximum Gasteiger partial charge on any atom is 0.251 e. The number of ether oxygens (including phenoxy) is 1. The molecule has 0 saturated carbocycles. The zero-order valence-corrected chi connectivity index (χ0v) is 17.5. The molecular formula is C22H20ClN5O3. The quantitative estimate of drug-likeness (QED) is 0.653. The number of methoxy groups -OCH3 is 1. The minimum atomic E-state index is -0.296. The van der Waals surface area contributed by atoms with E-state index >= 15 is 0 Å². The molecule has 1 aromatic heterocycles. The summed E-state index contributed by atoms with van der Waals surface area (Å²) in [4.78, 5) is 19.1. The summed E-state index contributed by atoms with van der Waals surface area (Å²) in [5.41, 5.74) is 5.29. The van der Waals surface area contributed by atoms with Crippen LogP contribution in [-0.2, 0) is 11.3 Å². The summed E-state index contributed by atoms with van der Waals surface area (Å²) >= 11 is 5.93. The number of rotatable bonds is 5.